The van der Waals surface area contributed by atoms with Crippen LogP contribution >= 0.6 is 11.3 Å². The Morgan fingerprint density at radius 3 is 2.45 bits per heavy atom. The zero-order chi connectivity index (χ0) is 20.4. The molecule has 2 heterocycles. The third kappa shape index (κ3) is 3.22. The van der Waals surface area contributed by atoms with Crippen molar-refractivity contribution in [2.45, 2.75) is 0 Å². The van der Waals surface area contributed by atoms with Crippen molar-refractivity contribution >= 4 is 17.3 Å². The van der Waals surface area contributed by atoms with E-state index in [1.807, 2.05) is 53.9 Å². The first-order chi connectivity index (χ1) is 14.2. The van der Waals surface area contributed by atoms with E-state index < -0.39 is 5.97 Å². The van der Waals surface area contributed by atoms with Gasteiger partial charge >= 0.3 is 5.97 Å². The number of nitrogens with zero attached hydrogens (tertiary/aromatic N) is 2. The summed E-state index contributed by atoms with van der Waals surface area (Å²) in [6.45, 7) is 0. The van der Waals surface area contributed by atoms with Gasteiger partial charge in [-0.3, -0.25) is 0 Å². The zero-order valence-electron chi connectivity index (χ0n) is 15.8. The number of rotatable bonds is 4. The Kier molecular flexibility index (Phi) is 4.98. The molecule has 0 aromatic carbocycles. The number of hydrogen-bond acceptors (Lipinski definition) is 6. The molecule has 0 radical (unpaired) electrons. The maximum atomic E-state index is 12.3. The normalized spacial score (nSPS) is 10.5. The second-order valence-electron chi connectivity index (χ2n) is 6.23. The Hall–Kier alpha value is -3.69. The predicted octanol–water partition coefficient (Wildman–Crippen LogP) is 5.25. The van der Waals surface area contributed by atoms with Crippen molar-refractivity contribution in [2.75, 3.05) is 14.2 Å². The lowest BCUT2D eigenvalue weighted by Gasteiger charge is -2.10. The second-order valence-corrected chi connectivity index (χ2v) is 7.18. The Labute approximate surface area is 172 Å². The fourth-order valence-electron chi connectivity index (χ4n) is 3.35. The predicted molar refractivity (Wildman–Crippen MR) is 112 cm³/mol. The van der Waals surface area contributed by atoms with Crippen LogP contribution in [-0.2, 0) is 4.74 Å². The highest BCUT2D eigenvalue weighted by Crippen LogP contribution is 2.41. The molecule has 2 aliphatic rings. The van der Waals surface area contributed by atoms with Crippen LogP contribution in [0.25, 0.3) is 32.8 Å². The van der Waals surface area contributed by atoms with Gasteiger partial charge in [0.05, 0.1) is 25.5 Å². The molecule has 2 aliphatic carbocycles. The molecule has 0 saturated carbocycles. The summed E-state index contributed by atoms with van der Waals surface area (Å²) in [5.41, 5.74) is 4.64. The van der Waals surface area contributed by atoms with Crippen molar-refractivity contribution < 1.29 is 14.3 Å². The first-order valence-electron chi connectivity index (χ1n) is 8.81. The Bertz CT molecular complexity index is 1210. The summed E-state index contributed by atoms with van der Waals surface area (Å²) in [5, 5.41) is 11.6. The number of carbonyl (C=O) groups excluding carboxylic acids is 1. The lowest BCUT2D eigenvalue weighted by Crippen LogP contribution is -2.00. The molecule has 2 aromatic heterocycles. The molecule has 0 fully saturated rings. The van der Waals surface area contributed by atoms with Crippen LogP contribution < -0.4 is 4.74 Å². The minimum Gasteiger partial charge on any atom is -0.480 e. The standard InChI is InChI=1S/C23H16N2O3S/c1-27-22-19(13-24)17(21-9-6-10-29-21)12-20(25-22)16-11-18(23(26)28-2)15-8-5-3-4-7-14(15)16/h3-12H,1-2H3. The lowest BCUT2D eigenvalue weighted by atomic mass is 10.0. The minimum atomic E-state index is -0.411. The highest BCUT2D eigenvalue weighted by atomic mass is 32.1. The number of ether oxygens (including phenoxy) is 2. The number of nitriles is 1. The molecule has 0 aliphatic heterocycles. The summed E-state index contributed by atoms with van der Waals surface area (Å²) in [4.78, 5) is 17.9. The lowest BCUT2D eigenvalue weighted by molar-refractivity contribution is 0.0602. The van der Waals surface area contributed by atoms with Crippen molar-refractivity contribution in [1.82, 2.24) is 4.98 Å². The van der Waals surface area contributed by atoms with Crippen LogP contribution in [0.3, 0.4) is 0 Å². The summed E-state index contributed by atoms with van der Waals surface area (Å²) in [6, 6.07) is 19.2. The summed E-state index contributed by atoms with van der Waals surface area (Å²) >= 11 is 1.54. The third-order valence-corrected chi connectivity index (χ3v) is 5.57. The van der Waals surface area contributed by atoms with E-state index in [0.29, 0.717) is 16.8 Å². The molecule has 0 spiro atoms. The molecule has 6 heteroatoms. The number of esters is 1. The molecule has 2 aromatic rings. The number of fused-ring (bicyclic) bond motifs is 1. The van der Waals surface area contributed by atoms with Crippen LogP contribution in [0.4, 0.5) is 0 Å². The van der Waals surface area contributed by atoms with Crippen LogP contribution in [0, 0.1) is 11.3 Å². The van der Waals surface area contributed by atoms with Gasteiger partial charge in [0.2, 0.25) is 5.88 Å². The first kappa shape index (κ1) is 18.7. The molecule has 0 saturated heterocycles. The smallest absolute Gasteiger partial charge is 0.338 e. The number of carbonyl (C=O) groups is 1. The van der Waals surface area contributed by atoms with Crippen molar-refractivity contribution in [2.24, 2.45) is 0 Å². The first-order valence-corrected chi connectivity index (χ1v) is 9.69. The van der Waals surface area contributed by atoms with E-state index >= 15 is 0 Å². The van der Waals surface area contributed by atoms with Crippen LogP contribution in [0.2, 0.25) is 0 Å². The zero-order valence-corrected chi connectivity index (χ0v) is 16.6. The van der Waals surface area contributed by atoms with Crippen molar-refractivity contribution in [3.8, 4) is 44.8 Å². The van der Waals surface area contributed by atoms with Crippen molar-refractivity contribution in [1.29, 1.82) is 5.26 Å². The van der Waals surface area contributed by atoms with Gasteiger partial charge in [-0.25, -0.2) is 9.78 Å². The van der Waals surface area contributed by atoms with Gasteiger partial charge in [0.25, 0.3) is 0 Å². The molecule has 29 heavy (non-hydrogen) atoms. The fraction of sp³-hybridized carbons (Fsp3) is 0.0870. The monoisotopic (exact) mass is 400 g/mol. The summed E-state index contributed by atoms with van der Waals surface area (Å²) in [7, 11) is 2.86. The maximum Gasteiger partial charge on any atom is 0.338 e. The van der Waals surface area contributed by atoms with E-state index in [1.54, 1.807) is 6.07 Å². The molecule has 0 N–H and O–H groups in total. The average Bonchev–Trinajstić information content (AvgIpc) is 3.35. The van der Waals surface area contributed by atoms with E-state index in [2.05, 4.69) is 11.1 Å². The van der Waals surface area contributed by atoms with E-state index in [-0.39, 0.29) is 5.88 Å². The van der Waals surface area contributed by atoms with Crippen molar-refractivity contribution in [3.63, 3.8) is 0 Å². The molecular weight excluding hydrogens is 384 g/mol. The van der Waals surface area contributed by atoms with Gasteiger partial charge in [-0.2, -0.15) is 5.26 Å². The molecule has 0 bridgehead atoms. The Morgan fingerprint density at radius 2 is 1.79 bits per heavy atom. The van der Waals surface area contributed by atoms with Gasteiger partial charge in [-0.05, 0) is 34.7 Å². The van der Waals surface area contributed by atoms with Gasteiger partial charge in [0.1, 0.15) is 11.6 Å². The van der Waals surface area contributed by atoms with Gasteiger partial charge in [0, 0.05) is 16.0 Å². The number of methoxy groups -OCH3 is 2. The second kappa shape index (κ2) is 7.74. The maximum absolute atomic E-state index is 12.3. The van der Waals surface area contributed by atoms with Gasteiger partial charge in [0.15, 0.2) is 0 Å². The molecular formula is C23H16N2O3S. The SMILES string of the molecule is COC(=O)c1cc(-c2cc(-c3cccs3)c(C#N)c(OC)n2)c2cccccc1-2. The highest BCUT2D eigenvalue weighted by Gasteiger charge is 2.24. The summed E-state index contributed by atoms with van der Waals surface area (Å²) in [6.07, 6.45) is 0. The number of pyridine rings is 1. The number of hydrogen-bond donors (Lipinski definition) is 0. The van der Waals surface area contributed by atoms with E-state index in [0.717, 1.165) is 27.1 Å². The average molecular weight is 400 g/mol. The molecule has 0 amide bonds. The molecule has 0 unspecified atom stereocenters. The summed E-state index contributed by atoms with van der Waals surface area (Å²) in [5.74, 6) is -0.158. The Morgan fingerprint density at radius 1 is 1.00 bits per heavy atom. The van der Waals surface area contributed by atoms with Crippen molar-refractivity contribution in [3.05, 3.63) is 71.1 Å². The number of thiophene rings is 1. The van der Waals surface area contributed by atoms with Gasteiger partial charge in [-0.1, -0.05) is 36.4 Å². The topological polar surface area (TPSA) is 72.2 Å². The van der Waals surface area contributed by atoms with Crippen LogP contribution in [0.5, 0.6) is 5.88 Å². The quantitative estimate of drug-likeness (QED) is 0.438. The fourth-order valence-corrected chi connectivity index (χ4v) is 4.10. The van der Waals surface area contributed by atoms with Gasteiger partial charge in [-0.15, -0.1) is 11.3 Å². The van der Waals surface area contributed by atoms with E-state index in [4.69, 9.17) is 9.47 Å². The molecule has 0 atom stereocenters. The van der Waals surface area contributed by atoms with E-state index in [9.17, 15) is 10.1 Å². The van der Waals surface area contributed by atoms with Gasteiger partial charge < -0.3 is 9.47 Å². The third-order valence-electron chi connectivity index (χ3n) is 4.67. The van der Waals surface area contributed by atoms with Crippen LogP contribution in [0.1, 0.15) is 15.9 Å². The Balaban J connectivity index is 2.01. The molecule has 142 valence electrons. The summed E-state index contributed by atoms with van der Waals surface area (Å²) < 4.78 is 10.4. The minimum absolute atomic E-state index is 0.252. The van der Waals surface area contributed by atoms with Crippen LogP contribution in [0.15, 0.2) is 60.0 Å². The molecule has 5 nitrogen and oxygen atoms in total. The highest BCUT2D eigenvalue weighted by molar-refractivity contribution is 7.13. The number of aromatic nitrogens is 1. The van der Waals surface area contributed by atoms with Crippen LogP contribution in [-0.4, -0.2) is 25.2 Å². The largest absolute Gasteiger partial charge is 0.480 e. The van der Waals surface area contributed by atoms with E-state index in [1.165, 1.54) is 25.6 Å². The molecule has 4 rings (SSSR count).